The van der Waals surface area contributed by atoms with Crippen LogP contribution < -0.4 is 45.3 Å². The Morgan fingerprint density at radius 3 is 2.35 bits per heavy atom. The van der Waals surface area contributed by atoms with E-state index in [0.717, 1.165) is 10.9 Å². The number of fused-ring (bicyclic) bond motifs is 1. The van der Waals surface area contributed by atoms with Gasteiger partial charge in [-0.1, -0.05) is 55.0 Å². The van der Waals surface area contributed by atoms with E-state index in [9.17, 15) is 24.3 Å². The predicted molar refractivity (Wildman–Crippen MR) is 142 cm³/mol. The number of ether oxygens (including phenoxy) is 1. The van der Waals surface area contributed by atoms with Gasteiger partial charge in [0.25, 0.3) is 5.91 Å². The van der Waals surface area contributed by atoms with Crippen LogP contribution in [0, 0.1) is 0 Å². The number of nitrogens with zero attached hydrogens (tertiary/aromatic N) is 1. The first-order valence-electron chi connectivity index (χ1n) is 13.0. The zero-order valence-corrected chi connectivity index (χ0v) is 25.0. The summed E-state index contributed by atoms with van der Waals surface area (Å²) in [5.74, 6) is -1.74. The van der Waals surface area contributed by atoms with Crippen molar-refractivity contribution in [2.45, 2.75) is 51.2 Å². The van der Waals surface area contributed by atoms with Crippen LogP contribution in [0.4, 0.5) is 4.79 Å². The van der Waals surface area contributed by atoms with Crippen LogP contribution >= 0.6 is 0 Å². The number of amides is 3. The van der Waals surface area contributed by atoms with Crippen LogP contribution in [0.25, 0.3) is 11.0 Å². The van der Waals surface area contributed by atoms with Gasteiger partial charge in [-0.15, -0.1) is 0 Å². The van der Waals surface area contributed by atoms with Crippen LogP contribution in [-0.4, -0.2) is 55.0 Å². The maximum absolute atomic E-state index is 13.2. The SMILES string of the molecule is CN(C(=O)c1cc2ccccc2o1)[C@@H](CCCNC(=O)OCc1ccccc1)C(=O)NCCCCCC(=O)[O-].[Na+]. The number of hydrogen-bond donors (Lipinski definition) is 2. The molecular weight excluding hydrogens is 525 g/mol. The van der Waals surface area contributed by atoms with Gasteiger partial charge in [-0.25, -0.2) is 4.79 Å². The summed E-state index contributed by atoms with van der Waals surface area (Å²) in [4.78, 5) is 50.2. The number of rotatable bonds is 15. The van der Waals surface area contributed by atoms with Crippen LogP contribution in [0.1, 0.15) is 54.6 Å². The van der Waals surface area contributed by atoms with E-state index >= 15 is 0 Å². The molecule has 1 heterocycles. The van der Waals surface area contributed by atoms with Crippen molar-refractivity contribution >= 4 is 34.8 Å². The first-order valence-corrected chi connectivity index (χ1v) is 13.0. The molecule has 0 saturated carbocycles. The Hall–Kier alpha value is -3.34. The van der Waals surface area contributed by atoms with Crippen LogP contribution in [0.3, 0.4) is 0 Å². The van der Waals surface area contributed by atoms with E-state index in [4.69, 9.17) is 9.15 Å². The summed E-state index contributed by atoms with van der Waals surface area (Å²) in [6.45, 7) is 0.752. The molecule has 0 radical (unpaired) electrons. The van der Waals surface area contributed by atoms with Gasteiger partial charge in [0.1, 0.15) is 18.2 Å². The molecule has 0 aliphatic rings. The number of hydrogen-bond acceptors (Lipinski definition) is 7. The number of furan rings is 1. The van der Waals surface area contributed by atoms with Gasteiger partial charge >= 0.3 is 35.7 Å². The largest absolute Gasteiger partial charge is 1.00 e. The van der Waals surface area contributed by atoms with Gasteiger partial charge < -0.3 is 34.6 Å². The fraction of sp³-hybridized carbons (Fsp3) is 0.379. The third kappa shape index (κ3) is 10.7. The van der Waals surface area contributed by atoms with Crippen molar-refractivity contribution in [3.05, 3.63) is 72.0 Å². The van der Waals surface area contributed by atoms with Crippen LogP contribution in [-0.2, 0) is 20.9 Å². The Morgan fingerprint density at radius 1 is 0.925 bits per heavy atom. The van der Waals surface area contributed by atoms with Gasteiger partial charge in [0.15, 0.2) is 5.76 Å². The molecule has 208 valence electrons. The molecule has 10 nitrogen and oxygen atoms in total. The molecule has 2 aromatic carbocycles. The molecule has 3 amide bonds. The molecule has 0 unspecified atom stereocenters. The molecule has 11 heteroatoms. The first-order chi connectivity index (χ1) is 18.8. The number of carboxylic acid groups (broad SMARTS) is 1. The zero-order valence-electron chi connectivity index (χ0n) is 23.0. The van der Waals surface area contributed by atoms with Crippen molar-refractivity contribution in [1.82, 2.24) is 15.5 Å². The Labute approximate surface area is 255 Å². The average Bonchev–Trinajstić information content (AvgIpc) is 3.38. The Kier molecular flexibility index (Phi) is 14.3. The molecule has 0 spiro atoms. The van der Waals surface area contributed by atoms with E-state index in [1.807, 2.05) is 48.5 Å². The molecule has 0 saturated heterocycles. The van der Waals surface area contributed by atoms with Gasteiger partial charge in [0, 0.05) is 31.5 Å². The second-order valence-electron chi connectivity index (χ2n) is 9.18. The normalized spacial score (nSPS) is 11.2. The molecule has 3 aromatic rings. The second kappa shape index (κ2) is 17.4. The Morgan fingerprint density at radius 2 is 1.62 bits per heavy atom. The number of nitrogens with one attached hydrogen (secondary N) is 2. The Bertz CT molecular complexity index is 1220. The summed E-state index contributed by atoms with van der Waals surface area (Å²) in [7, 11) is 1.54. The third-order valence-corrected chi connectivity index (χ3v) is 6.22. The number of unbranched alkanes of at least 4 members (excludes halogenated alkanes) is 2. The van der Waals surface area contributed by atoms with Gasteiger partial charge in [-0.3, -0.25) is 9.59 Å². The maximum atomic E-state index is 13.2. The van der Waals surface area contributed by atoms with Crippen LogP contribution in [0.2, 0.25) is 0 Å². The van der Waals surface area contributed by atoms with Gasteiger partial charge in [0.2, 0.25) is 5.91 Å². The van der Waals surface area contributed by atoms with Crippen molar-refractivity contribution in [1.29, 1.82) is 0 Å². The number of carbonyl (C=O) groups is 4. The summed E-state index contributed by atoms with van der Waals surface area (Å²) < 4.78 is 10.9. The number of likely N-dealkylation sites (N-methyl/N-ethyl adjacent to an activating group) is 1. The monoisotopic (exact) mass is 559 g/mol. The number of aliphatic carboxylic acids is 1. The molecule has 1 atom stereocenters. The van der Waals surface area contributed by atoms with Gasteiger partial charge in [-0.05, 0) is 49.8 Å². The van der Waals surface area contributed by atoms with E-state index in [1.54, 1.807) is 19.2 Å². The third-order valence-electron chi connectivity index (χ3n) is 6.22. The van der Waals surface area contributed by atoms with Crippen LogP contribution in [0.5, 0.6) is 0 Å². The molecule has 0 aliphatic carbocycles. The minimum atomic E-state index is -1.10. The summed E-state index contributed by atoms with van der Waals surface area (Å²) in [6.07, 6.45) is 1.82. The minimum absolute atomic E-state index is 0. The summed E-state index contributed by atoms with van der Waals surface area (Å²) in [5.41, 5.74) is 1.44. The second-order valence-corrected chi connectivity index (χ2v) is 9.18. The van der Waals surface area contributed by atoms with E-state index in [-0.39, 0.29) is 67.2 Å². The van der Waals surface area contributed by atoms with E-state index in [2.05, 4.69) is 10.6 Å². The topological polar surface area (TPSA) is 141 Å². The molecule has 1 aromatic heterocycles. The van der Waals surface area contributed by atoms with E-state index < -0.39 is 24.0 Å². The number of carboxylic acids is 1. The fourth-order valence-electron chi connectivity index (χ4n) is 4.06. The van der Waals surface area contributed by atoms with Crippen molar-refractivity contribution in [2.75, 3.05) is 20.1 Å². The number of para-hydroxylation sites is 1. The van der Waals surface area contributed by atoms with E-state index in [0.29, 0.717) is 37.8 Å². The zero-order chi connectivity index (χ0) is 28.0. The predicted octanol–water partition coefficient (Wildman–Crippen LogP) is 0.0105. The molecule has 0 bridgehead atoms. The molecule has 0 aliphatic heterocycles. The number of carbonyl (C=O) groups excluding carboxylic acids is 4. The minimum Gasteiger partial charge on any atom is -0.550 e. The molecule has 40 heavy (non-hydrogen) atoms. The quantitative estimate of drug-likeness (QED) is 0.197. The summed E-state index contributed by atoms with van der Waals surface area (Å²) >= 11 is 0. The van der Waals surface area contributed by atoms with Gasteiger partial charge in [-0.2, -0.15) is 0 Å². The maximum Gasteiger partial charge on any atom is 1.00 e. The molecule has 3 rings (SSSR count). The number of benzene rings is 2. The summed E-state index contributed by atoms with van der Waals surface area (Å²) in [5, 5.41) is 16.8. The first kappa shape index (κ1) is 32.9. The molecule has 0 fully saturated rings. The van der Waals surface area contributed by atoms with Gasteiger partial charge in [0.05, 0.1) is 0 Å². The number of alkyl carbamates (subject to hydrolysis) is 1. The smallest absolute Gasteiger partial charge is 0.550 e. The molecular formula is C29H34N3NaO7. The summed E-state index contributed by atoms with van der Waals surface area (Å²) in [6, 6.07) is 17.4. The Balaban J connectivity index is 0.00000560. The van der Waals surface area contributed by atoms with Crippen LogP contribution in [0.15, 0.2) is 65.1 Å². The van der Waals surface area contributed by atoms with Crippen molar-refractivity contribution in [3.63, 3.8) is 0 Å². The van der Waals surface area contributed by atoms with Crippen molar-refractivity contribution in [2.24, 2.45) is 0 Å². The fourth-order valence-corrected chi connectivity index (χ4v) is 4.06. The van der Waals surface area contributed by atoms with E-state index in [1.165, 1.54) is 4.90 Å². The average molecular weight is 560 g/mol. The van der Waals surface area contributed by atoms with Crippen molar-refractivity contribution in [3.8, 4) is 0 Å². The van der Waals surface area contributed by atoms with Crippen molar-refractivity contribution < 1.29 is 63.0 Å². The standard InChI is InChI=1S/C29H35N3O7.Na/c1-32(28(36)25-19-22-13-7-8-15-24(22)39-25)23(27(35)30-17-9-3-6-16-26(33)34)14-10-18-31-29(37)38-20-21-11-4-2-5-12-21;/h2,4-5,7-8,11-13,15,19,23H,3,6,9-10,14,16-18,20H2,1H3,(H,30,35)(H,31,37)(H,33,34);/q;+1/p-1/t23-;/m0./s1. The molecule has 2 N–H and O–H groups in total.